The molecule has 1 aliphatic rings. The summed E-state index contributed by atoms with van der Waals surface area (Å²) in [5.41, 5.74) is 2.90. The lowest BCUT2D eigenvalue weighted by molar-refractivity contribution is 0.0728. The summed E-state index contributed by atoms with van der Waals surface area (Å²) in [5, 5.41) is 3.08. The molecule has 0 aliphatic carbocycles. The third-order valence-electron chi connectivity index (χ3n) is 3.90. The molecule has 1 aromatic carbocycles. The quantitative estimate of drug-likeness (QED) is 0.852. The summed E-state index contributed by atoms with van der Waals surface area (Å²) in [7, 11) is 1.64. The normalized spacial score (nSPS) is 13.5. The van der Waals surface area contributed by atoms with E-state index in [-0.39, 0.29) is 5.91 Å². The second-order valence-electron chi connectivity index (χ2n) is 5.45. The minimum Gasteiger partial charge on any atom is -0.383 e. The number of ether oxygens (including phenoxy) is 1. The fourth-order valence-corrected chi connectivity index (χ4v) is 2.64. The van der Waals surface area contributed by atoms with Crippen molar-refractivity contribution in [1.29, 1.82) is 0 Å². The molecule has 2 heterocycles. The molecule has 6 nitrogen and oxygen atoms in total. The van der Waals surface area contributed by atoms with Crippen LogP contribution in [0, 0.1) is 0 Å². The first kappa shape index (κ1) is 15.4. The summed E-state index contributed by atoms with van der Waals surface area (Å²) in [6, 6.07) is 8.24. The predicted octanol–water partition coefficient (Wildman–Crippen LogP) is 1.73. The molecule has 0 bridgehead atoms. The zero-order valence-electron chi connectivity index (χ0n) is 13.2. The van der Waals surface area contributed by atoms with Gasteiger partial charge in [0.25, 0.3) is 5.91 Å². The van der Waals surface area contributed by atoms with Gasteiger partial charge in [-0.2, -0.15) is 0 Å². The Hall–Kier alpha value is -2.47. The van der Waals surface area contributed by atoms with Crippen LogP contribution in [0.3, 0.4) is 0 Å². The van der Waals surface area contributed by atoms with Crippen LogP contribution in [-0.4, -0.2) is 47.6 Å². The van der Waals surface area contributed by atoms with Gasteiger partial charge in [0.2, 0.25) is 0 Å². The predicted molar refractivity (Wildman–Crippen MR) is 87.3 cm³/mol. The Morgan fingerprint density at radius 3 is 2.83 bits per heavy atom. The first-order chi connectivity index (χ1) is 11.3. The SMILES string of the molecule is COCCNc1cnc(C(=O)N2CCc3ccccc3C2)cn1. The number of anilines is 1. The number of carbonyl (C=O) groups excluding carboxylic acids is 1. The van der Waals surface area contributed by atoms with E-state index in [2.05, 4.69) is 27.4 Å². The fraction of sp³-hybridized carbons (Fsp3) is 0.353. The van der Waals surface area contributed by atoms with Crippen LogP contribution in [0.2, 0.25) is 0 Å². The highest BCUT2D eigenvalue weighted by atomic mass is 16.5. The molecule has 0 atom stereocenters. The fourth-order valence-electron chi connectivity index (χ4n) is 2.64. The standard InChI is InChI=1S/C17H20N4O2/c1-23-9-7-18-16-11-19-15(10-20-16)17(22)21-8-6-13-4-2-3-5-14(13)12-21/h2-5,10-11H,6-9,12H2,1H3,(H,18,20). The maximum Gasteiger partial charge on any atom is 0.274 e. The molecule has 0 spiro atoms. The van der Waals surface area contributed by atoms with Gasteiger partial charge >= 0.3 is 0 Å². The van der Waals surface area contributed by atoms with Crippen LogP contribution in [0.5, 0.6) is 0 Å². The topological polar surface area (TPSA) is 67.3 Å². The monoisotopic (exact) mass is 312 g/mol. The second kappa shape index (κ2) is 7.19. The number of amides is 1. The summed E-state index contributed by atoms with van der Waals surface area (Å²) in [6.45, 7) is 2.59. The van der Waals surface area contributed by atoms with E-state index in [0.29, 0.717) is 37.8 Å². The van der Waals surface area contributed by atoms with Crippen molar-refractivity contribution in [2.45, 2.75) is 13.0 Å². The number of hydrogen-bond acceptors (Lipinski definition) is 5. The van der Waals surface area contributed by atoms with Gasteiger partial charge in [-0.05, 0) is 17.5 Å². The van der Waals surface area contributed by atoms with Crippen molar-refractivity contribution < 1.29 is 9.53 Å². The molecule has 0 unspecified atom stereocenters. The summed E-state index contributed by atoms with van der Waals surface area (Å²) >= 11 is 0. The largest absolute Gasteiger partial charge is 0.383 e. The Kier molecular flexibility index (Phi) is 4.83. The maximum absolute atomic E-state index is 12.6. The van der Waals surface area contributed by atoms with Crippen LogP contribution in [0.15, 0.2) is 36.7 Å². The van der Waals surface area contributed by atoms with E-state index in [1.165, 1.54) is 17.3 Å². The summed E-state index contributed by atoms with van der Waals surface area (Å²) in [6.07, 6.45) is 3.99. The summed E-state index contributed by atoms with van der Waals surface area (Å²) in [4.78, 5) is 22.9. The highest BCUT2D eigenvalue weighted by Crippen LogP contribution is 2.19. The van der Waals surface area contributed by atoms with Crippen LogP contribution in [0.25, 0.3) is 0 Å². The molecule has 1 amide bonds. The van der Waals surface area contributed by atoms with Crippen molar-refractivity contribution in [2.75, 3.05) is 32.1 Å². The molecule has 3 rings (SSSR count). The molecule has 1 aliphatic heterocycles. The lowest BCUT2D eigenvalue weighted by Gasteiger charge is -2.28. The lowest BCUT2D eigenvalue weighted by atomic mass is 10.00. The Morgan fingerprint density at radius 1 is 1.26 bits per heavy atom. The van der Waals surface area contributed by atoms with Crippen LogP contribution in [-0.2, 0) is 17.7 Å². The van der Waals surface area contributed by atoms with Gasteiger partial charge in [-0.3, -0.25) is 4.79 Å². The summed E-state index contributed by atoms with van der Waals surface area (Å²) in [5.74, 6) is 0.568. The van der Waals surface area contributed by atoms with E-state index in [4.69, 9.17) is 4.74 Å². The van der Waals surface area contributed by atoms with E-state index < -0.39 is 0 Å². The smallest absolute Gasteiger partial charge is 0.274 e. The van der Waals surface area contributed by atoms with Gasteiger partial charge in [-0.15, -0.1) is 0 Å². The second-order valence-corrected chi connectivity index (χ2v) is 5.45. The zero-order chi connectivity index (χ0) is 16.1. The highest BCUT2D eigenvalue weighted by Gasteiger charge is 2.22. The molecule has 0 radical (unpaired) electrons. The number of hydrogen-bond donors (Lipinski definition) is 1. The van der Waals surface area contributed by atoms with E-state index in [1.807, 2.05) is 17.0 Å². The van der Waals surface area contributed by atoms with Gasteiger partial charge < -0.3 is 15.0 Å². The third-order valence-corrected chi connectivity index (χ3v) is 3.90. The van der Waals surface area contributed by atoms with Crippen molar-refractivity contribution in [2.24, 2.45) is 0 Å². The Labute approximate surface area is 135 Å². The van der Waals surface area contributed by atoms with Gasteiger partial charge in [0.1, 0.15) is 11.5 Å². The minimum atomic E-state index is -0.0737. The molecule has 6 heteroatoms. The first-order valence-electron chi connectivity index (χ1n) is 7.69. The molecule has 120 valence electrons. The molecular weight excluding hydrogens is 292 g/mol. The van der Waals surface area contributed by atoms with Crippen LogP contribution < -0.4 is 5.32 Å². The molecular formula is C17H20N4O2. The molecule has 0 saturated heterocycles. The van der Waals surface area contributed by atoms with Crippen molar-refractivity contribution in [3.05, 3.63) is 53.5 Å². The van der Waals surface area contributed by atoms with Crippen LogP contribution in [0.1, 0.15) is 21.6 Å². The molecule has 0 saturated carbocycles. The molecule has 23 heavy (non-hydrogen) atoms. The number of benzene rings is 1. The number of nitrogens with one attached hydrogen (secondary N) is 1. The Bertz CT molecular complexity index is 673. The van der Waals surface area contributed by atoms with Gasteiger partial charge in [-0.25, -0.2) is 9.97 Å². The highest BCUT2D eigenvalue weighted by molar-refractivity contribution is 5.92. The number of fused-ring (bicyclic) bond motifs is 1. The van der Waals surface area contributed by atoms with Gasteiger partial charge in [0.05, 0.1) is 19.0 Å². The number of rotatable bonds is 5. The summed E-state index contributed by atoms with van der Waals surface area (Å²) < 4.78 is 4.96. The van der Waals surface area contributed by atoms with Crippen molar-refractivity contribution in [3.63, 3.8) is 0 Å². The van der Waals surface area contributed by atoms with Crippen molar-refractivity contribution >= 4 is 11.7 Å². The average Bonchev–Trinajstić information content (AvgIpc) is 2.61. The third kappa shape index (κ3) is 3.65. The first-order valence-corrected chi connectivity index (χ1v) is 7.69. The molecule has 1 aromatic heterocycles. The van der Waals surface area contributed by atoms with E-state index in [9.17, 15) is 4.79 Å². The number of aromatic nitrogens is 2. The van der Waals surface area contributed by atoms with Gasteiger partial charge in [0.15, 0.2) is 0 Å². The average molecular weight is 312 g/mol. The van der Waals surface area contributed by atoms with Gasteiger partial charge in [0, 0.05) is 26.7 Å². The molecule has 0 fully saturated rings. The minimum absolute atomic E-state index is 0.0737. The maximum atomic E-state index is 12.6. The van der Waals surface area contributed by atoms with Crippen LogP contribution >= 0.6 is 0 Å². The van der Waals surface area contributed by atoms with E-state index in [1.54, 1.807) is 13.3 Å². The van der Waals surface area contributed by atoms with Crippen molar-refractivity contribution in [3.8, 4) is 0 Å². The molecule has 1 N–H and O–H groups in total. The van der Waals surface area contributed by atoms with Gasteiger partial charge in [-0.1, -0.05) is 24.3 Å². The number of methoxy groups -OCH3 is 1. The zero-order valence-corrected chi connectivity index (χ0v) is 13.2. The van der Waals surface area contributed by atoms with Crippen molar-refractivity contribution in [1.82, 2.24) is 14.9 Å². The Balaban J connectivity index is 1.64. The number of nitrogens with zero attached hydrogens (tertiary/aromatic N) is 3. The number of carbonyl (C=O) groups is 1. The van der Waals surface area contributed by atoms with Crippen LogP contribution in [0.4, 0.5) is 5.82 Å². The Morgan fingerprint density at radius 2 is 2.09 bits per heavy atom. The van der Waals surface area contributed by atoms with E-state index in [0.717, 1.165) is 6.42 Å². The molecule has 2 aromatic rings. The lowest BCUT2D eigenvalue weighted by Crippen LogP contribution is -2.36. The van der Waals surface area contributed by atoms with E-state index >= 15 is 0 Å².